The zero-order valence-electron chi connectivity index (χ0n) is 8.78. The van der Waals surface area contributed by atoms with Crippen LogP contribution in [0.5, 0.6) is 0 Å². The SMILES string of the molecule is O=S(=O)(O)CCCNC1(CO)CCCC1. The topological polar surface area (TPSA) is 86.6 Å². The van der Waals surface area contributed by atoms with Crippen LogP contribution in [0.1, 0.15) is 32.1 Å². The molecular formula is C9H19NO4S. The van der Waals surface area contributed by atoms with Gasteiger partial charge in [-0.1, -0.05) is 12.8 Å². The van der Waals surface area contributed by atoms with Crippen molar-refractivity contribution in [3.63, 3.8) is 0 Å². The predicted molar refractivity (Wildman–Crippen MR) is 57.3 cm³/mol. The average molecular weight is 237 g/mol. The van der Waals surface area contributed by atoms with Gasteiger partial charge in [0.15, 0.2) is 0 Å². The molecule has 1 rings (SSSR count). The summed E-state index contributed by atoms with van der Waals surface area (Å²) < 4.78 is 29.4. The molecule has 1 aliphatic carbocycles. The summed E-state index contributed by atoms with van der Waals surface area (Å²) in [5, 5.41) is 12.4. The van der Waals surface area contributed by atoms with E-state index in [-0.39, 0.29) is 17.9 Å². The Hall–Kier alpha value is -0.170. The highest BCUT2D eigenvalue weighted by atomic mass is 32.2. The minimum atomic E-state index is -3.85. The van der Waals surface area contributed by atoms with E-state index in [2.05, 4.69) is 5.32 Å². The van der Waals surface area contributed by atoms with E-state index in [9.17, 15) is 13.5 Å². The fourth-order valence-electron chi connectivity index (χ4n) is 2.05. The lowest BCUT2D eigenvalue weighted by molar-refractivity contribution is 0.165. The molecule has 6 heteroatoms. The third kappa shape index (κ3) is 4.46. The number of nitrogens with one attached hydrogen (secondary N) is 1. The van der Waals surface area contributed by atoms with E-state index in [1.807, 2.05) is 0 Å². The van der Waals surface area contributed by atoms with E-state index >= 15 is 0 Å². The van der Waals surface area contributed by atoms with Crippen LogP contribution in [0.4, 0.5) is 0 Å². The van der Waals surface area contributed by atoms with E-state index in [1.165, 1.54) is 0 Å². The summed E-state index contributed by atoms with van der Waals surface area (Å²) in [6, 6.07) is 0. The van der Waals surface area contributed by atoms with Gasteiger partial charge >= 0.3 is 0 Å². The molecule has 0 aromatic carbocycles. The average Bonchev–Trinajstić information content (AvgIpc) is 2.60. The summed E-state index contributed by atoms with van der Waals surface area (Å²) in [5.74, 6) is -0.221. The Balaban J connectivity index is 2.24. The molecule has 0 aromatic heterocycles. The Morgan fingerprint density at radius 2 is 1.87 bits per heavy atom. The van der Waals surface area contributed by atoms with E-state index in [0.717, 1.165) is 25.7 Å². The quantitative estimate of drug-likeness (QED) is 0.452. The minimum Gasteiger partial charge on any atom is -0.394 e. The van der Waals surface area contributed by atoms with Crippen molar-refractivity contribution < 1.29 is 18.1 Å². The standard InChI is InChI=1S/C9H19NO4S/c11-8-9(4-1-2-5-9)10-6-3-7-15(12,13)14/h10-11H,1-8H2,(H,12,13,14). The number of aliphatic hydroxyl groups is 1. The number of hydrogen-bond donors (Lipinski definition) is 3. The van der Waals surface area contributed by atoms with E-state index in [4.69, 9.17) is 4.55 Å². The van der Waals surface area contributed by atoms with Crippen molar-refractivity contribution in [1.29, 1.82) is 0 Å². The monoisotopic (exact) mass is 237 g/mol. The summed E-state index contributed by atoms with van der Waals surface area (Å²) in [6.07, 6.45) is 4.46. The van der Waals surface area contributed by atoms with Gasteiger partial charge in [-0.25, -0.2) is 0 Å². The van der Waals surface area contributed by atoms with Crippen molar-refractivity contribution in [3.8, 4) is 0 Å². The summed E-state index contributed by atoms with van der Waals surface area (Å²) in [7, 11) is -3.85. The molecule has 0 bridgehead atoms. The van der Waals surface area contributed by atoms with Gasteiger partial charge in [-0.05, 0) is 25.8 Å². The van der Waals surface area contributed by atoms with Crippen LogP contribution in [-0.2, 0) is 10.1 Å². The van der Waals surface area contributed by atoms with Crippen molar-refractivity contribution in [2.24, 2.45) is 0 Å². The van der Waals surface area contributed by atoms with Gasteiger partial charge in [-0.15, -0.1) is 0 Å². The van der Waals surface area contributed by atoms with Gasteiger partial charge in [0.25, 0.3) is 10.1 Å². The maximum absolute atomic E-state index is 10.5. The first kappa shape index (κ1) is 12.9. The fourth-order valence-corrected chi connectivity index (χ4v) is 2.56. The highest BCUT2D eigenvalue weighted by molar-refractivity contribution is 7.85. The van der Waals surface area contributed by atoms with Crippen LogP contribution < -0.4 is 5.32 Å². The van der Waals surface area contributed by atoms with Crippen molar-refractivity contribution in [2.45, 2.75) is 37.6 Å². The van der Waals surface area contributed by atoms with Gasteiger partial charge in [0.05, 0.1) is 12.4 Å². The van der Waals surface area contributed by atoms with Gasteiger partial charge in [0.1, 0.15) is 0 Å². The molecule has 15 heavy (non-hydrogen) atoms. The lowest BCUT2D eigenvalue weighted by Crippen LogP contribution is -2.46. The van der Waals surface area contributed by atoms with E-state index in [1.54, 1.807) is 0 Å². The number of rotatable bonds is 6. The van der Waals surface area contributed by atoms with Crippen molar-refractivity contribution >= 4 is 10.1 Å². The molecule has 0 heterocycles. The molecule has 0 aliphatic heterocycles. The van der Waals surface area contributed by atoms with Crippen LogP contribution in [0.2, 0.25) is 0 Å². The van der Waals surface area contributed by atoms with E-state index in [0.29, 0.717) is 13.0 Å². The van der Waals surface area contributed by atoms with Gasteiger partial charge in [0.2, 0.25) is 0 Å². The maximum Gasteiger partial charge on any atom is 0.264 e. The lowest BCUT2D eigenvalue weighted by Gasteiger charge is -2.28. The van der Waals surface area contributed by atoms with Crippen molar-refractivity contribution in [3.05, 3.63) is 0 Å². The second-order valence-electron chi connectivity index (χ2n) is 4.21. The zero-order valence-corrected chi connectivity index (χ0v) is 9.59. The molecule has 90 valence electrons. The van der Waals surface area contributed by atoms with E-state index < -0.39 is 10.1 Å². The Morgan fingerprint density at radius 3 is 2.33 bits per heavy atom. The third-order valence-electron chi connectivity index (χ3n) is 2.94. The summed E-state index contributed by atoms with van der Waals surface area (Å²) in [4.78, 5) is 0. The van der Waals surface area contributed by atoms with Crippen LogP contribution >= 0.6 is 0 Å². The number of hydrogen-bond acceptors (Lipinski definition) is 4. The molecule has 3 N–H and O–H groups in total. The largest absolute Gasteiger partial charge is 0.394 e. The smallest absolute Gasteiger partial charge is 0.264 e. The molecule has 1 fully saturated rings. The molecular weight excluding hydrogens is 218 g/mol. The first-order valence-corrected chi connectivity index (χ1v) is 6.89. The molecule has 0 amide bonds. The van der Waals surface area contributed by atoms with Crippen molar-refractivity contribution in [1.82, 2.24) is 5.32 Å². The van der Waals surface area contributed by atoms with Gasteiger partial charge < -0.3 is 10.4 Å². The normalized spacial score (nSPS) is 20.7. The van der Waals surface area contributed by atoms with Crippen LogP contribution in [0, 0.1) is 0 Å². The second kappa shape index (κ2) is 5.25. The zero-order chi connectivity index (χ0) is 11.4. The van der Waals surface area contributed by atoms with Crippen LogP contribution in [0.15, 0.2) is 0 Å². The van der Waals surface area contributed by atoms with Gasteiger partial charge in [0, 0.05) is 5.54 Å². The third-order valence-corrected chi connectivity index (χ3v) is 3.75. The molecule has 5 nitrogen and oxygen atoms in total. The molecule has 0 unspecified atom stereocenters. The molecule has 0 atom stereocenters. The Labute approximate surface area is 90.6 Å². The highest BCUT2D eigenvalue weighted by Gasteiger charge is 2.32. The first-order chi connectivity index (χ1) is 6.97. The van der Waals surface area contributed by atoms with Gasteiger partial charge in [-0.3, -0.25) is 4.55 Å². The molecule has 1 saturated carbocycles. The Bertz CT molecular complexity index is 282. The predicted octanol–water partition coefficient (Wildman–Crippen LogP) is 0.159. The van der Waals surface area contributed by atoms with Crippen molar-refractivity contribution in [2.75, 3.05) is 18.9 Å². The highest BCUT2D eigenvalue weighted by Crippen LogP contribution is 2.28. The first-order valence-electron chi connectivity index (χ1n) is 5.29. The summed E-state index contributed by atoms with van der Waals surface area (Å²) in [6.45, 7) is 0.610. The van der Waals surface area contributed by atoms with Crippen LogP contribution in [0.25, 0.3) is 0 Å². The molecule has 0 saturated heterocycles. The maximum atomic E-state index is 10.5. The Kier molecular flexibility index (Phi) is 4.51. The fraction of sp³-hybridized carbons (Fsp3) is 1.00. The van der Waals surface area contributed by atoms with Crippen LogP contribution in [0.3, 0.4) is 0 Å². The molecule has 0 aromatic rings. The molecule has 1 aliphatic rings. The lowest BCUT2D eigenvalue weighted by atomic mass is 9.99. The van der Waals surface area contributed by atoms with Gasteiger partial charge in [-0.2, -0.15) is 8.42 Å². The number of aliphatic hydroxyl groups excluding tert-OH is 1. The van der Waals surface area contributed by atoms with Crippen LogP contribution in [-0.4, -0.2) is 42.5 Å². The summed E-state index contributed by atoms with van der Waals surface area (Å²) in [5.41, 5.74) is -0.209. The minimum absolute atomic E-state index is 0.0961. The Morgan fingerprint density at radius 1 is 1.27 bits per heavy atom. The summed E-state index contributed by atoms with van der Waals surface area (Å²) >= 11 is 0. The molecule has 0 spiro atoms. The second-order valence-corrected chi connectivity index (χ2v) is 5.78. The molecule has 0 radical (unpaired) electrons.